The minimum atomic E-state index is -5.34. The van der Waals surface area contributed by atoms with Crippen LogP contribution in [0.5, 0.6) is 0 Å². The first-order valence-corrected chi connectivity index (χ1v) is 8.72. The van der Waals surface area contributed by atoms with Crippen LogP contribution in [0.25, 0.3) is 21.7 Å². The van der Waals surface area contributed by atoms with Crippen LogP contribution in [0.15, 0.2) is 41.4 Å². The summed E-state index contributed by atoms with van der Waals surface area (Å²) < 4.78 is 82.2. The molecule has 0 bridgehead atoms. The van der Waals surface area contributed by atoms with E-state index in [0.29, 0.717) is 12.1 Å². The number of alkyl halides is 3. The fourth-order valence-corrected chi connectivity index (χ4v) is 3.65. The lowest BCUT2D eigenvalue weighted by molar-refractivity contribution is -0.195. The van der Waals surface area contributed by atoms with Gasteiger partial charge in [0.05, 0.1) is 24.9 Å². The van der Waals surface area contributed by atoms with Crippen LogP contribution >= 0.6 is 0 Å². The first kappa shape index (κ1) is 20.0. The lowest BCUT2D eigenvalue weighted by Crippen LogP contribution is -2.56. The highest BCUT2D eigenvalue weighted by atomic mass is 19.4. The Morgan fingerprint density at radius 3 is 2.50 bits per heavy atom. The van der Waals surface area contributed by atoms with Crippen molar-refractivity contribution in [2.75, 3.05) is 20.3 Å². The van der Waals surface area contributed by atoms with E-state index in [1.165, 1.54) is 24.3 Å². The van der Waals surface area contributed by atoms with Crippen molar-refractivity contribution >= 4 is 33.5 Å². The van der Waals surface area contributed by atoms with Crippen molar-refractivity contribution in [1.29, 1.82) is 0 Å². The molecular formula is C20H13F5N2O3. The quantitative estimate of drug-likeness (QED) is 0.361. The summed E-state index contributed by atoms with van der Waals surface area (Å²) >= 11 is 0. The zero-order valence-corrected chi connectivity index (χ0v) is 15.4. The number of halogens is 5. The van der Waals surface area contributed by atoms with E-state index in [9.17, 15) is 26.7 Å². The Kier molecular flexibility index (Phi) is 4.59. The maximum atomic E-state index is 14.8. The summed E-state index contributed by atoms with van der Waals surface area (Å²) in [6, 6.07) is 7.07. The third kappa shape index (κ3) is 2.70. The number of carbonyl (C=O) groups excluding carboxylic acids is 1. The van der Waals surface area contributed by atoms with Crippen molar-refractivity contribution in [3.63, 3.8) is 0 Å². The molecule has 1 aliphatic heterocycles. The van der Waals surface area contributed by atoms with Crippen molar-refractivity contribution < 1.29 is 36.2 Å². The Labute approximate surface area is 166 Å². The average molecular weight is 424 g/mol. The number of para-hydroxylation sites is 1. The van der Waals surface area contributed by atoms with Gasteiger partial charge in [0.2, 0.25) is 5.90 Å². The first-order chi connectivity index (χ1) is 14.2. The van der Waals surface area contributed by atoms with Crippen LogP contribution in [0.1, 0.15) is 5.69 Å². The second kappa shape index (κ2) is 6.89. The number of hydrogen-bond donors (Lipinski definition) is 0. The minimum absolute atomic E-state index is 0.0263. The average Bonchev–Trinajstić information content (AvgIpc) is 3.21. The molecule has 156 valence electrons. The van der Waals surface area contributed by atoms with E-state index in [1.54, 1.807) is 0 Å². The fourth-order valence-electron chi connectivity index (χ4n) is 3.65. The lowest BCUT2D eigenvalue weighted by Gasteiger charge is -2.32. The zero-order chi connectivity index (χ0) is 21.7. The van der Waals surface area contributed by atoms with Gasteiger partial charge in [0.25, 0.3) is 5.41 Å². The van der Waals surface area contributed by atoms with Crippen molar-refractivity contribution in [3.05, 3.63) is 53.7 Å². The summed E-state index contributed by atoms with van der Waals surface area (Å²) in [5.41, 5.74) is -4.59. The van der Waals surface area contributed by atoms with E-state index in [-0.39, 0.29) is 29.4 Å². The number of esters is 1. The summed E-state index contributed by atoms with van der Waals surface area (Å²) in [5, 5.41) is -0.691. The van der Waals surface area contributed by atoms with Gasteiger partial charge in [-0.25, -0.2) is 8.78 Å². The molecule has 1 atom stereocenters. The standard InChI is InChI=1S/C20H13F5N2O3/c1-29-18(28)19(20(23,24)25,17-26-6-7-30-17)16-12-8-10(21)9-13(22)15(12)11-4-2-3-5-14(11)27-16/h2-5,8-9H,6-7H2,1H3. The minimum Gasteiger partial charge on any atom is -0.478 e. The molecule has 0 N–H and O–H groups in total. The molecule has 2 heterocycles. The van der Waals surface area contributed by atoms with Crippen molar-refractivity contribution in [2.45, 2.75) is 11.6 Å². The van der Waals surface area contributed by atoms with Gasteiger partial charge in [0, 0.05) is 22.2 Å². The number of rotatable bonds is 3. The highest BCUT2D eigenvalue weighted by molar-refractivity contribution is 6.16. The van der Waals surface area contributed by atoms with Crippen LogP contribution < -0.4 is 0 Å². The monoisotopic (exact) mass is 424 g/mol. The number of aromatic nitrogens is 1. The molecule has 1 aromatic heterocycles. The number of aliphatic imine (C=N–C) groups is 1. The number of hydrogen-bond acceptors (Lipinski definition) is 5. The number of nitrogens with zero attached hydrogens (tertiary/aromatic N) is 2. The summed E-state index contributed by atoms with van der Waals surface area (Å²) in [4.78, 5) is 20.4. The number of ether oxygens (including phenoxy) is 2. The van der Waals surface area contributed by atoms with Crippen LogP contribution in [0.2, 0.25) is 0 Å². The molecule has 5 nitrogen and oxygen atoms in total. The predicted octanol–water partition coefficient (Wildman–Crippen LogP) is 4.07. The van der Waals surface area contributed by atoms with E-state index in [2.05, 4.69) is 14.7 Å². The van der Waals surface area contributed by atoms with Gasteiger partial charge in [-0.1, -0.05) is 18.2 Å². The highest BCUT2D eigenvalue weighted by Gasteiger charge is 2.70. The molecular weight excluding hydrogens is 411 g/mol. The summed E-state index contributed by atoms with van der Waals surface area (Å²) in [7, 11) is 0.767. The topological polar surface area (TPSA) is 60.8 Å². The zero-order valence-electron chi connectivity index (χ0n) is 15.4. The maximum absolute atomic E-state index is 14.8. The van der Waals surface area contributed by atoms with Gasteiger partial charge in [-0.3, -0.25) is 14.8 Å². The Balaban J connectivity index is 2.27. The van der Waals surface area contributed by atoms with Gasteiger partial charge in [-0.05, 0) is 12.1 Å². The third-order valence-corrected chi connectivity index (χ3v) is 4.89. The van der Waals surface area contributed by atoms with Gasteiger partial charge < -0.3 is 9.47 Å². The maximum Gasteiger partial charge on any atom is 0.419 e. The molecule has 3 aromatic rings. The normalized spacial score (nSPS) is 16.3. The molecule has 0 fully saturated rings. The Morgan fingerprint density at radius 2 is 1.87 bits per heavy atom. The Bertz CT molecular complexity index is 1210. The summed E-state index contributed by atoms with van der Waals surface area (Å²) in [5.74, 6) is -4.98. The molecule has 1 unspecified atom stereocenters. The fraction of sp³-hybridized carbons (Fsp3) is 0.250. The molecule has 0 saturated heterocycles. The largest absolute Gasteiger partial charge is 0.478 e. The molecule has 4 rings (SSSR count). The predicted molar refractivity (Wildman–Crippen MR) is 97.2 cm³/mol. The molecule has 1 aliphatic rings. The van der Waals surface area contributed by atoms with E-state index in [4.69, 9.17) is 4.74 Å². The number of fused-ring (bicyclic) bond motifs is 3. The summed E-state index contributed by atoms with van der Waals surface area (Å²) in [6.07, 6.45) is -5.34. The molecule has 30 heavy (non-hydrogen) atoms. The second-order valence-electron chi connectivity index (χ2n) is 6.56. The SMILES string of the molecule is COC(=O)C(C1=NCCO1)(c1nc2ccccc2c2c(F)cc(F)cc12)C(F)(F)F. The van der Waals surface area contributed by atoms with Crippen LogP contribution in [-0.4, -0.2) is 43.3 Å². The molecule has 10 heteroatoms. The van der Waals surface area contributed by atoms with E-state index in [1.807, 2.05) is 0 Å². The van der Waals surface area contributed by atoms with Crippen LogP contribution in [-0.2, 0) is 19.7 Å². The van der Waals surface area contributed by atoms with Crippen molar-refractivity contribution in [3.8, 4) is 0 Å². The molecule has 0 amide bonds. The van der Waals surface area contributed by atoms with Crippen LogP contribution in [0.4, 0.5) is 22.0 Å². The Hall–Kier alpha value is -3.30. The van der Waals surface area contributed by atoms with Gasteiger partial charge in [0.15, 0.2) is 0 Å². The smallest absolute Gasteiger partial charge is 0.419 e. The molecule has 2 aromatic carbocycles. The third-order valence-electron chi connectivity index (χ3n) is 4.89. The van der Waals surface area contributed by atoms with Gasteiger partial charge in [-0.15, -0.1) is 0 Å². The van der Waals surface area contributed by atoms with Gasteiger partial charge in [0.1, 0.15) is 18.2 Å². The van der Waals surface area contributed by atoms with E-state index in [0.717, 1.165) is 7.11 Å². The van der Waals surface area contributed by atoms with Gasteiger partial charge in [-0.2, -0.15) is 13.2 Å². The molecule has 0 spiro atoms. The number of carbonyl (C=O) groups is 1. The number of pyridine rings is 1. The summed E-state index contributed by atoms with van der Waals surface area (Å²) in [6.45, 7) is -0.323. The van der Waals surface area contributed by atoms with Crippen LogP contribution in [0, 0.1) is 11.6 Å². The van der Waals surface area contributed by atoms with Crippen LogP contribution in [0.3, 0.4) is 0 Å². The lowest BCUT2D eigenvalue weighted by atomic mass is 9.79. The molecule has 0 aliphatic carbocycles. The van der Waals surface area contributed by atoms with E-state index < -0.39 is 46.2 Å². The van der Waals surface area contributed by atoms with Crippen molar-refractivity contribution in [2.24, 2.45) is 4.99 Å². The molecule has 0 radical (unpaired) electrons. The van der Waals surface area contributed by atoms with Crippen molar-refractivity contribution in [1.82, 2.24) is 4.98 Å². The number of methoxy groups -OCH3 is 1. The number of benzene rings is 2. The Morgan fingerprint density at radius 1 is 1.13 bits per heavy atom. The first-order valence-electron chi connectivity index (χ1n) is 8.72. The molecule has 0 saturated carbocycles. The van der Waals surface area contributed by atoms with E-state index >= 15 is 0 Å². The van der Waals surface area contributed by atoms with Gasteiger partial charge >= 0.3 is 12.1 Å². The second-order valence-corrected chi connectivity index (χ2v) is 6.56. The highest BCUT2D eigenvalue weighted by Crippen LogP contribution is 2.47.